The molecule has 0 amide bonds. The van der Waals surface area contributed by atoms with Crippen LogP contribution in [0.1, 0.15) is 0 Å². The minimum absolute atomic E-state index is 0.382. The second-order valence-corrected chi connectivity index (χ2v) is 8.88. The van der Waals surface area contributed by atoms with Gasteiger partial charge in [-0.3, -0.25) is 4.98 Å². The van der Waals surface area contributed by atoms with Crippen LogP contribution in [0, 0.1) is 5.41 Å². The summed E-state index contributed by atoms with van der Waals surface area (Å²) >= 11 is 6.59. The number of hydrogen-bond donors (Lipinski definition) is 1. The molecule has 6 nitrogen and oxygen atoms in total. The van der Waals surface area contributed by atoms with Gasteiger partial charge in [0.1, 0.15) is 11.6 Å². The van der Waals surface area contributed by atoms with Gasteiger partial charge in [0.25, 0.3) is 0 Å². The second kappa shape index (κ2) is 6.97. The zero-order valence-electron chi connectivity index (χ0n) is 17.1. The largest absolute Gasteiger partial charge is 0.495 e. The van der Waals surface area contributed by atoms with Crippen molar-refractivity contribution < 1.29 is 9.47 Å². The van der Waals surface area contributed by atoms with E-state index in [1.165, 1.54) is 0 Å². The fraction of sp³-hybridized carbons (Fsp3) is 0.250. The summed E-state index contributed by atoms with van der Waals surface area (Å²) in [5, 5.41) is 1.74. The van der Waals surface area contributed by atoms with E-state index in [-0.39, 0.29) is 0 Å². The number of methoxy groups -OCH3 is 1. The van der Waals surface area contributed by atoms with E-state index < -0.39 is 0 Å². The number of fused-ring (bicyclic) bond motifs is 1. The van der Waals surface area contributed by atoms with Crippen molar-refractivity contribution in [3.63, 3.8) is 0 Å². The maximum absolute atomic E-state index is 6.59. The van der Waals surface area contributed by atoms with Gasteiger partial charge < -0.3 is 19.4 Å². The molecular formula is C24H21ClN4O2. The molecule has 0 saturated carbocycles. The molecule has 1 N–H and O–H groups in total. The summed E-state index contributed by atoms with van der Waals surface area (Å²) < 4.78 is 10.7. The Morgan fingerprint density at radius 3 is 2.65 bits per heavy atom. The normalized spacial score (nSPS) is 16.9. The highest BCUT2D eigenvalue weighted by molar-refractivity contribution is 6.34. The summed E-state index contributed by atoms with van der Waals surface area (Å²) in [5.74, 6) is 1.72. The Morgan fingerprint density at radius 1 is 1.06 bits per heavy atom. The highest BCUT2D eigenvalue weighted by atomic mass is 35.5. The fourth-order valence-corrected chi connectivity index (χ4v) is 4.71. The lowest BCUT2D eigenvalue weighted by atomic mass is 9.78. The Bertz CT molecular complexity index is 1270. The van der Waals surface area contributed by atoms with Gasteiger partial charge in [-0.2, -0.15) is 0 Å². The number of rotatable bonds is 4. The van der Waals surface area contributed by atoms with Crippen LogP contribution in [0.25, 0.3) is 33.3 Å². The number of nitrogens with zero attached hydrogens (tertiary/aromatic N) is 3. The van der Waals surface area contributed by atoms with Crippen molar-refractivity contribution in [3.05, 3.63) is 60.0 Å². The Hall–Kier alpha value is -3.09. The minimum Gasteiger partial charge on any atom is -0.495 e. The third-order valence-electron chi connectivity index (χ3n) is 6.22. The molecule has 2 aliphatic rings. The quantitative estimate of drug-likeness (QED) is 0.502. The number of nitrogens with one attached hydrogen (secondary N) is 1. The Morgan fingerprint density at radius 2 is 1.94 bits per heavy atom. The number of hydrogen-bond acceptors (Lipinski definition) is 5. The number of ether oxygens (including phenoxy) is 2. The zero-order valence-corrected chi connectivity index (χ0v) is 17.8. The molecule has 0 unspecified atom stereocenters. The van der Waals surface area contributed by atoms with Gasteiger partial charge in [0.05, 0.1) is 37.0 Å². The standard InChI is InChI=1S/C24H21ClN4O2/c1-30-18-4-17(8-26-10-18)19-5-16-6-21(28-22(16)7-20(19)25)15-2-3-23(27-9-15)29-11-24(12-29)13-31-14-24/h2-10,28H,11-14H2,1H3. The molecule has 2 saturated heterocycles. The molecule has 7 heteroatoms. The highest BCUT2D eigenvalue weighted by Gasteiger charge is 2.49. The van der Waals surface area contributed by atoms with E-state index in [9.17, 15) is 0 Å². The molecule has 1 aromatic carbocycles. The molecule has 2 fully saturated rings. The van der Waals surface area contributed by atoms with Crippen LogP contribution in [0.2, 0.25) is 5.02 Å². The zero-order chi connectivity index (χ0) is 21.0. The molecule has 1 spiro atoms. The van der Waals surface area contributed by atoms with Crippen LogP contribution in [0.4, 0.5) is 5.82 Å². The van der Waals surface area contributed by atoms with Crippen LogP contribution in [0.5, 0.6) is 5.75 Å². The smallest absolute Gasteiger partial charge is 0.137 e. The number of anilines is 1. The summed E-state index contributed by atoms with van der Waals surface area (Å²) in [6.07, 6.45) is 5.40. The first-order chi connectivity index (χ1) is 15.1. The van der Waals surface area contributed by atoms with Crippen molar-refractivity contribution in [1.29, 1.82) is 0 Å². The maximum Gasteiger partial charge on any atom is 0.137 e. The van der Waals surface area contributed by atoms with Gasteiger partial charge >= 0.3 is 0 Å². The molecule has 0 bridgehead atoms. The summed E-state index contributed by atoms with van der Waals surface area (Å²) in [6.45, 7) is 3.83. The fourth-order valence-electron chi connectivity index (χ4n) is 4.44. The second-order valence-electron chi connectivity index (χ2n) is 8.47. The first-order valence-corrected chi connectivity index (χ1v) is 10.6. The van der Waals surface area contributed by atoms with Crippen LogP contribution < -0.4 is 9.64 Å². The molecule has 0 radical (unpaired) electrons. The first-order valence-electron chi connectivity index (χ1n) is 10.2. The topological polar surface area (TPSA) is 63.3 Å². The van der Waals surface area contributed by atoms with Crippen LogP contribution in [0.3, 0.4) is 0 Å². The van der Waals surface area contributed by atoms with Crippen molar-refractivity contribution in [3.8, 4) is 28.1 Å². The van der Waals surface area contributed by atoms with Crippen LogP contribution >= 0.6 is 11.6 Å². The summed E-state index contributed by atoms with van der Waals surface area (Å²) in [6, 6.07) is 12.3. The molecular weight excluding hydrogens is 412 g/mol. The van der Waals surface area contributed by atoms with Crippen molar-refractivity contribution in [2.24, 2.45) is 5.41 Å². The van der Waals surface area contributed by atoms with E-state index >= 15 is 0 Å². The Kier molecular flexibility index (Phi) is 4.20. The number of aromatic nitrogens is 3. The Balaban J connectivity index is 1.29. The molecule has 3 aromatic heterocycles. The van der Waals surface area contributed by atoms with Crippen LogP contribution in [0.15, 0.2) is 55.0 Å². The SMILES string of the molecule is COc1cncc(-c2cc3cc(-c4ccc(N5CC6(COC6)C5)nc4)[nH]c3cc2Cl)c1. The highest BCUT2D eigenvalue weighted by Crippen LogP contribution is 2.40. The van der Waals surface area contributed by atoms with Gasteiger partial charge in [-0.15, -0.1) is 0 Å². The molecule has 0 aliphatic carbocycles. The Labute approximate surface area is 184 Å². The number of aromatic amines is 1. The van der Waals surface area contributed by atoms with E-state index in [1.807, 2.05) is 18.3 Å². The number of H-pyrrole nitrogens is 1. The van der Waals surface area contributed by atoms with Gasteiger partial charge in [0, 0.05) is 58.8 Å². The minimum atomic E-state index is 0.382. The molecule has 31 heavy (non-hydrogen) atoms. The van der Waals surface area contributed by atoms with Gasteiger partial charge in [-0.25, -0.2) is 4.98 Å². The molecule has 6 rings (SSSR count). The van der Waals surface area contributed by atoms with Crippen molar-refractivity contribution >= 4 is 28.3 Å². The third kappa shape index (κ3) is 3.14. The predicted molar refractivity (Wildman–Crippen MR) is 122 cm³/mol. The van der Waals surface area contributed by atoms with Crippen LogP contribution in [-0.2, 0) is 4.74 Å². The van der Waals surface area contributed by atoms with E-state index in [0.717, 1.165) is 65.4 Å². The number of halogens is 1. The van der Waals surface area contributed by atoms with Gasteiger partial charge in [-0.1, -0.05) is 11.6 Å². The monoisotopic (exact) mass is 432 g/mol. The van der Waals surface area contributed by atoms with Gasteiger partial charge in [0.15, 0.2) is 0 Å². The summed E-state index contributed by atoms with van der Waals surface area (Å²) in [7, 11) is 1.63. The number of benzene rings is 1. The van der Waals surface area contributed by atoms with E-state index in [1.54, 1.807) is 19.5 Å². The molecule has 156 valence electrons. The molecule has 4 aromatic rings. The number of pyridine rings is 2. The van der Waals surface area contributed by atoms with Crippen LogP contribution in [-0.4, -0.2) is 48.4 Å². The summed E-state index contributed by atoms with van der Waals surface area (Å²) in [5.41, 5.74) is 5.27. The van der Waals surface area contributed by atoms with E-state index in [0.29, 0.717) is 16.2 Å². The van der Waals surface area contributed by atoms with Crippen molar-refractivity contribution in [2.75, 3.05) is 38.3 Å². The lowest BCUT2D eigenvalue weighted by Crippen LogP contribution is -2.66. The van der Waals surface area contributed by atoms with Gasteiger partial charge in [0.2, 0.25) is 0 Å². The molecule has 0 atom stereocenters. The summed E-state index contributed by atoms with van der Waals surface area (Å²) in [4.78, 5) is 14.7. The van der Waals surface area contributed by atoms with Gasteiger partial charge in [-0.05, 0) is 36.4 Å². The maximum atomic E-state index is 6.59. The molecule has 5 heterocycles. The molecule has 2 aliphatic heterocycles. The van der Waals surface area contributed by atoms with Crippen molar-refractivity contribution in [2.45, 2.75) is 0 Å². The lowest BCUT2D eigenvalue weighted by Gasteiger charge is -2.55. The average molecular weight is 433 g/mol. The first kappa shape index (κ1) is 18.7. The van der Waals surface area contributed by atoms with Crippen molar-refractivity contribution in [1.82, 2.24) is 15.0 Å². The van der Waals surface area contributed by atoms with E-state index in [4.69, 9.17) is 21.1 Å². The average Bonchev–Trinajstić information content (AvgIpc) is 3.14. The van der Waals surface area contributed by atoms with E-state index in [2.05, 4.69) is 44.1 Å². The third-order valence-corrected chi connectivity index (χ3v) is 6.53. The predicted octanol–water partition coefficient (Wildman–Crippen LogP) is 4.79. The lowest BCUT2D eigenvalue weighted by molar-refractivity contribution is -0.127.